The van der Waals surface area contributed by atoms with Crippen molar-refractivity contribution in [2.45, 2.75) is 25.2 Å². The van der Waals surface area contributed by atoms with Gasteiger partial charge in [-0.15, -0.1) is 0 Å². The minimum absolute atomic E-state index is 0.190. The Labute approximate surface area is 163 Å². The van der Waals surface area contributed by atoms with Crippen LogP contribution in [-0.4, -0.2) is 19.9 Å². The summed E-state index contributed by atoms with van der Waals surface area (Å²) < 4.78 is 0. The van der Waals surface area contributed by atoms with E-state index in [0.29, 0.717) is 5.92 Å². The number of hydrogen-bond donors (Lipinski definition) is 2. The van der Waals surface area contributed by atoms with Gasteiger partial charge in [0.1, 0.15) is 11.6 Å². The third kappa shape index (κ3) is 3.07. The van der Waals surface area contributed by atoms with Crippen LogP contribution in [0.1, 0.15) is 36.0 Å². The highest BCUT2D eigenvalue weighted by molar-refractivity contribution is 5.75. The summed E-state index contributed by atoms with van der Waals surface area (Å²) in [5.74, 6) is 2.50. The molecule has 0 bridgehead atoms. The molecule has 28 heavy (non-hydrogen) atoms. The van der Waals surface area contributed by atoms with Crippen molar-refractivity contribution in [1.29, 1.82) is 0 Å². The molecule has 2 heterocycles. The molecular weight excluding hydrogens is 344 g/mol. The van der Waals surface area contributed by atoms with Crippen molar-refractivity contribution in [3.05, 3.63) is 96.1 Å². The Morgan fingerprint density at radius 3 is 2.00 bits per heavy atom. The maximum atomic E-state index is 4.91. The Balaban J connectivity index is 1.57. The van der Waals surface area contributed by atoms with E-state index >= 15 is 0 Å². The standard InChI is InChI=1S/C24H22N4/c1-16(17-9-3-2-4-10-17)18(24-27-21-13-7-8-14-22(21)28-24)15-23-25-19-11-5-6-12-20(19)26-23/h2-14,16,18H,15H2,1H3,(H,25,26)(H,27,28)/t16-,18-/m1/s1. The number of H-pyrrole nitrogens is 2. The van der Waals surface area contributed by atoms with Crippen molar-refractivity contribution in [1.82, 2.24) is 19.9 Å². The molecule has 0 aliphatic heterocycles. The molecule has 2 N–H and O–H groups in total. The topological polar surface area (TPSA) is 57.4 Å². The Morgan fingerprint density at radius 2 is 1.32 bits per heavy atom. The van der Waals surface area contributed by atoms with Gasteiger partial charge in [0.15, 0.2) is 0 Å². The van der Waals surface area contributed by atoms with E-state index in [4.69, 9.17) is 9.97 Å². The number of hydrogen-bond acceptors (Lipinski definition) is 2. The van der Waals surface area contributed by atoms with E-state index in [9.17, 15) is 0 Å². The zero-order valence-corrected chi connectivity index (χ0v) is 15.8. The van der Waals surface area contributed by atoms with Crippen LogP contribution in [0.5, 0.6) is 0 Å². The number of imidazole rings is 2. The maximum absolute atomic E-state index is 4.91. The molecule has 5 rings (SSSR count). The largest absolute Gasteiger partial charge is 0.342 e. The summed E-state index contributed by atoms with van der Waals surface area (Å²) >= 11 is 0. The maximum Gasteiger partial charge on any atom is 0.111 e. The average molecular weight is 366 g/mol. The van der Waals surface area contributed by atoms with Gasteiger partial charge in [-0.3, -0.25) is 0 Å². The number of rotatable bonds is 5. The van der Waals surface area contributed by atoms with Gasteiger partial charge >= 0.3 is 0 Å². The van der Waals surface area contributed by atoms with Gasteiger partial charge in [-0.05, 0) is 35.7 Å². The predicted octanol–water partition coefficient (Wildman–Crippen LogP) is 5.57. The molecule has 0 unspecified atom stereocenters. The van der Waals surface area contributed by atoms with Crippen LogP contribution in [0.2, 0.25) is 0 Å². The number of aromatic nitrogens is 4. The molecule has 0 aliphatic carbocycles. The Hall–Kier alpha value is -3.40. The van der Waals surface area contributed by atoms with E-state index in [1.807, 2.05) is 30.3 Å². The number of para-hydroxylation sites is 4. The predicted molar refractivity (Wildman–Crippen MR) is 113 cm³/mol. The minimum atomic E-state index is 0.190. The molecule has 0 fully saturated rings. The summed E-state index contributed by atoms with van der Waals surface area (Å²) in [4.78, 5) is 16.8. The first-order chi connectivity index (χ1) is 13.8. The van der Waals surface area contributed by atoms with Gasteiger partial charge in [0.25, 0.3) is 0 Å². The van der Waals surface area contributed by atoms with Crippen molar-refractivity contribution >= 4 is 22.1 Å². The molecule has 4 heteroatoms. The summed E-state index contributed by atoms with van der Waals surface area (Å²) in [7, 11) is 0. The van der Waals surface area contributed by atoms with Crippen molar-refractivity contribution in [2.24, 2.45) is 0 Å². The van der Waals surface area contributed by atoms with Crippen LogP contribution in [0.4, 0.5) is 0 Å². The smallest absolute Gasteiger partial charge is 0.111 e. The molecule has 0 radical (unpaired) electrons. The third-order valence-electron chi connectivity index (χ3n) is 5.54. The fourth-order valence-corrected chi connectivity index (χ4v) is 3.96. The molecule has 138 valence electrons. The first-order valence-corrected chi connectivity index (χ1v) is 9.71. The summed E-state index contributed by atoms with van der Waals surface area (Å²) in [6, 6.07) is 27.0. The number of fused-ring (bicyclic) bond motifs is 2. The van der Waals surface area contributed by atoms with E-state index < -0.39 is 0 Å². The van der Waals surface area contributed by atoms with E-state index in [0.717, 1.165) is 40.1 Å². The van der Waals surface area contributed by atoms with Gasteiger partial charge in [0.05, 0.1) is 22.1 Å². The molecule has 2 atom stereocenters. The van der Waals surface area contributed by atoms with Gasteiger partial charge in [-0.25, -0.2) is 9.97 Å². The first kappa shape index (κ1) is 16.8. The van der Waals surface area contributed by atoms with Crippen LogP contribution < -0.4 is 0 Å². The lowest BCUT2D eigenvalue weighted by atomic mass is 9.84. The lowest BCUT2D eigenvalue weighted by Crippen LogP contribution is -2.14. The average Bonchev–Trinajstić information content (AvgIpc) is 3.35. The summed E-state index contributed by atoms with van der Waals surface area (Å²) in [5, 5.41) is 0. The highest BCUT2D eigenvalue weighted by Crippen LogP contribution is 2.34. The molecule has 0 aliphatic rings. The quantitative estimate of drug-likeness (QED) is 0.427. The van der Waals surface area contributed by atoms with Crippen LogP contribution >= 0.6 is 0 Å². The zero-order valence-electron chi connectivity index (χ0n) is 15.8. The summed E-state index contributed by atoms with van der Waals surface area (Å²) in [6.07, 6.45) is 0.796. The van der Waals surface area contributed by atoms with Crippen molar-refractivity contribution in [2.75, 3.05) is 0 Å². The van der Waals surface area contributed by atoms with Crippen molar-refractivity contribution in [3.8, 4) is 0 Å². The molecule has 0 amide bonds. The van der Waals surface area contributed by atoms with Gasteiger partial charge in [-0.1, -0.05) is 61.5 Å². The second-order valence-electron chi connectivity index (χ2n) is 7.35. The summed E-state index contributed by atoms with van der Waals surface area (Å²) in [5.41, 5.74) is 5.48. The third-order valence-corrected chi connectivity index (χ3v) is 5.54. The zero-order chi connectivity index (χ0) is 18.9. The molecule has 3 aromatic carbocycles. The molecular formula is C24H22N4. The summed E-state index contributed by atoms with van der Waals surface area (Å²) in [6.45, 7) is 2.27. The van der Waals surface area contributed by atoms with Crippen LogP contribution in [0.3, 0.4) is 0 Å². The molecule has 4 nitrogen and oxygen atoms in total. The monoisotopic (exact) mass is 366 g/mol. The highest BCUT2D eigenvalue weighted by atomic mass is 14.9. The van der Waals surface area contributed by atoms with E-state index in [2.05, 4.69) is 65.4 Å². The van der Waals surface area contributed by atoms with E-state index in [1.54, 1.807) is 0 Å². The molecule has 0 saturated carbocycles. The molecule has 0 saturated heterocycles. The Kier molecular flexibility index (Phi) is 4.17. The van der Waals surface area contributed by atoms with Gasteiger partial charge < -0.3 is 9.97 Å². The van der Waals surface area contributed by atoms with Crippen LogP contribution in [0.25, 0.3) is 22.1 Å². The second kappa shape index (κ2) is 6.97. The SMILES string of the molecule is C[C@H](c1ccccc1)[C@@H](Cc1nc2ccccc2[nH]1)c1nc2ccccc2[nH]1. The Morgan fingerprint density at radius 1 is 0.714 bits per heavy atom. The highest BCUT2D eigenvalue weighted by Gasteiger charge is 2.25. The van der Waals surface area contributed by atoms with E-state index in [-0.39, 0.29) is 5.92 Å². The molecule has 5 aromatic rings. The van der Waals surface area contributed by atoms with Crippen LogP contribution in [0.15, 0.2) is 78.9 Å². The van der Waals surface area contributed by atoms with Crippen molar-refractivity contribution in [3.63, 3.8) is 0 Å². The lowest BCUT2D eigenvalue weighted by molar-refractivity contribution is 0.538. The van der Waals surface area contributed by atoms with Crippen LogP contribution in [-0.2, 0) is 6.42 Å². The minimum Gasteiger partial charge on any atom is -0.342 e. The molecule has 2 aromatic heterocycles. The normalized spacial score (nSPS) is 13.8. The number of nitrogens with one attached hydrogen (secondary N) is 2. The lowest BCUT2D eigenvalue weighted by Gasteiger charge is -2.22. The fraction of sp³-hybridized carbons (Fsp3) is 0.167. The number of nitrogens with zero attached hydrogens (tertiary/aromatic N) is 2. The second-order valence-corrected chi connectivity index (χ2v) is 7.35. The van der Waals surface area contributed by atoms with Gasteiger partial charge in [0.2, 0.25) is 0 Å². The van der Waals surface area contributed by atoms with Gasteiger partial charge in [-0.2, -0.15) is 0 Å². The number of benzene rings is 3. The van der Waals surface area contributed by atoms with E-state index in [1.165, 1.54) is 5.56 Å². The van der Waals surface area contributed by atoms with Crippen LogP contribution in [0, 0.1) is 0 Å². The Bertz CT molecular complexity index is 1150. The first-order valence-electron chi connectivity index (χ1n) is 9.71. The van der Waals surface area contributed by atoms with Gasteiger partial charge in [0, 0.05) is 12.3 Å². The fourth-order valence-electron chi connectivity index (χ4n) is 3.96. The number of aromatic amines is 2. The molecule has 0 spiro atoms. The van der Waals surface area contributed by atoms with Crippen molar-refractivity contribution < 1.29 is 0 Å².